The van der Waals surface area contributed by atoms with Gasteiger partial charge >= 0.3 is 0 Å². The molecule has 2 atom stereocenters. The highest BCUT2D eigenvalue weighted by atomic mass is 16.5. The van der Waals surface area contributed by atoms with Crippen LogP contribution in [0.5, 0.6) is 0 Å². The Balaban J connectivity index is 2.10. The number of furan rings is 1. The fourth-order valence-electron chi connectivity index (χ4n) is 3.10. The number of rotatable bonds is 4. The van der Waals surface area contributed by atoms with Crippen molar-refractivity contribution in [2.24, 2.45) is 5.73 Å². The lowest BCUT2D eigenvalue weighted by Crippen LogP contribution is -2.58. The minimum atomic E-state index is 0.0361. The van der Waals surface area contributed by atoms with Crippen LogP contribution >= 0.6 is 0 Å². The third-order valence-corrected chi connectivity index (χ3v) is 3.99. The summed E-state index contributed by atoms with van der Waals surface area (Å²) in [6.07, 6.45) is 6.03. The molecular weight excluding hydrogens is 228 g/mol. The van der Waals surface area contributed by atoms with Gasteiger partial charge in [-0.25, -0.2) is 0 Å². The number of hydrogen-bond acceptors (Lipinski definition) is 4. The number of nitrogens with zero attached hydrogens (tertiary/aromatic N) is 1. The summed E-state index contributed by atoms with van der Waals surface area (Å²) in [6, 6.07) is 2.01. The van der Waals surface area contributed by atoms with Gasteiger partial charge in [0.1, 0.15) is 0 Å². The van der Waals surface area contributed by atoms with Gasteiger partial charge in [-0.3, -0.25) is 4.90 Å². The van der Waals surface area contributed by atoms with E-state index in [1.165, 1.54) is 5.56 Å². The summed E-state index contributed by atoms with van der Waals surface area (Å²) in [6.45, 7) is 5.80. The zero-order chi connectivity index (χ0) is 13.2. The molecule has 0 aromatic carbocycles. The van der Waals surface area contributed by atoms with Gasteiger partial charge in [0, 0.05) is 24.2 Å². The Morgan fingerprint density at radius 1 is 1.39 bits per heavy atom. The van der Waals surface area contributed by atoms with Crippen LogP contribution in [0.1, 0.15) is 32.3 Å². The Labute approximate surface area is 109 Å². The molecule has 1 aliphatic heterocycles. The first-order chi connectivity index (χ1) is 8.55. The molecule has 2 N–H and O–H groups in total. The van der Waals surface area contributed by atoms with E-state index in [0.29, 0.717) is 6.54 Å². The number of ether oxygens (including phenoxy) is 1. The monoisotopic (exact) mass is 252 g/mol. The molecule has 0 aliphatic carbocycles. The molecule has 0 bridgehead atoms. The highest BCUT2D eigenvalue weighted by Crippen LogP contribution is 2.33. The summed E-state index contributed by atoms with van der Waals surface area (Å²) in [5.41, 5.74) is 7.30. The van der Waals surface area contributed by atoms with Crippen LogP contribution in [-0.2, 0) is 11.3 Å². The SMILES string of the molecule is CC1CC(CN)(N(C)Cc2ccoc2)CC(C)O1. The molecule has 1 fully saturated rings. The molecule has 2 rings (SSSR count). The molecule has 1 aromatic heterocycles. The maximum absolute atomic E-state index is 6.07. The largest absolute Gasteiger partial charge is 0.472 e. The van der Waals surface area contributed by atoms with E-state index < -0.39 is 0 Å². The van der Waals surface area contributed by atoms with E-state index >= 15 is 0 Å². The first kappa shape index (κ1) is 13.6. The van der Waals surface area contributed by atoms with Crippen molar-refractivity contribution in [2.75, 3.05) is 13.6 Å². The molecule has 2 heterocycles. The van der Waals surface area contributed by atoms with Gasteiger partial charge < -0.3 is 14.9 Å². The Kier molecular flexibility index (Phi) is 4.10. The lowest BCUT2D eigenvalue weighted by molar-refractivity contribution is -0.0994. The molecule has 0 radical (unpaired) electrons. The van der Waals surface area contributed by atoms with Gasteiger partial charge in [0.2, 0.25) is 0 Å². The molecule has 0 saturated carbocycles. The Morgan fingerprint density at radius 2 is 2.06 bits per heavy atom. The normalized spacial score (nSPS) is 32.9. The molecular formula is C14H24N2O2. The standard InChI is InChI=1S/C14H24N2O2/c1-11-6-14(10-15,7-12(2)18-11)16(3)8-13-4-5-17-9-13/h4-5,9,11-12H,6-8,10,15H2,1-3H3. The van der Waals surface area contributed by atoms with Gasteiger partial charge in [-0.05, 0) is 39.8 Å². The van der Waals surface area contributed by atoms with Crippen LogP contribution in [0.2, 0.25) is 0 Å². The lowest BCUT2D eigenvalue weighted by atomic mass is 9.82. The Bertz CT molecular complexity index is 354. The van der Waals surface area contributed by atoms with E-state index in [4.69, 9.17) is 14.9 Å². The molecule has 0 amide bonds. The summed E-state index contributed by atoms with van der Waals surface area (Å²) >= 11 is 0. The summed E-state index contributed by atoms with van der Waals surface area (Å²) in [7, 11) is 2.14. The summed E-state index contributed by atoms with van der Waals surface area (Å²) in [5.74, 6) is 0. The van der Waals surface area contributed by atoms with Crippen molar-refractivity contribution < 1.29 is 9.15 Å². The van der Waals surface area contributed by atoms with Crippen LogP contribution in [-0.4, -0.2) is 36.2 Å². The molecule has 2 unspecified atom stereocenters. The van der Waals surface area contributed by atoms with E-state index in [1.807, 2.05) is 6.07 Å². The van der Waals surface area contributed by atoms with E-state index in [9.17, 15) is 0 Å². The molecule has 1 aliphatic rings. The van der Waals surface area contributed by atoms with E-state index in [-0.39, 0.29) is 17.7 Å². The lowest BCUT2D eigenvalue weighted by Gasteiger charge is -2.48. The molecule has 4 nitrogen and oxygen atoms in total. The summed E-state index contributed by atoms with van der Waals surface area (Å²) < 4.78 is 11.0. The second-order valence-corrected chi connectivity index (χ2v) is 5.58. The second-order valence-electron chi connectivity index (χ2n) is 5.58. The number of hydrogen-bond donors (Lipinski definition) is 1. The third kappa shape index (κ3) is 2.76. The van der Waals surface area contributed by atoms with Gasteiger partial charge in [-0.1, -0.05) is 0 Å². The molecule has 1 saturated heterocycles. The molecule has 0 spiro atoms. The quantitative estimate of drug-likeness (QED) is 0.890. The number of nitrogens with two attached hydrogens (primary N) is 1. The molecule has 18 heavy (non-hydrogen) atoms. The van der Waals surface area contributed by atoms with Crippen molar-refractivity contribution in [1.82, 2.24) is 4.90 Å². The Morgan fingerprint density at radius 3 is 2.56 bits per heavy atom. The zero-order valence-electron chi connectivity index (χ0n) is 11.6. The molecule has 1 aromatic rings. The molecule has 4 heteroatoms. The smallest absolute Gasteiger partial charge is 0.0947 e. The van der Waals surface area contributed by atoms with Crippen molar-refractivity contribution >= 4 is 0 Å². The Hall–Kier alpha value is -0.840. The molecule has 102 valence electrons. The predicted octanol–water partition coefficient (Wildman–Crippen LogP) is 2.00. The average Bonchev–Trinajstić information content (AvgIpc) is 2.80. The van der Waals surface area contributed by atoms with Crippen LogP contribution < -0.4 is 5.73 Å². The predicted molar refractivity (Wildman–Crippen MR) is 71.2 cm³/mol. The van der Waals surface area contributed by atoms with Crippen LogP contribution in [0, 0.1) is 0 Å². The highest BCUT2D eigenvalue weighted by molar-refractivity contribution is 5.07. The van der Waals surface area contributed by atoms with Crippen LogP contribution in [0.25, 0.3) is 0 Å². The van der Waals surface area contributed by atoms with Crippen molar-refractivity contribution in [3.05, 3.63) is 24.2 Å². The van der Waals surface area contributed by atoms with Crippen molar-refractivity contribution in [1.29, 1.82) is 0 Å². The second kappa shape index (κ2) is 5.43. The van der Waals surface area contributed by atoms with Crippen molar-refractivity contribution in [3.63, 3.8) is 0 Å². The fraction of sp³-hybridized carbons (Fsp3) is 0.714. The van der Waals surface area contributed by atoms with Crippen molar-refractivity contribution in [3.8, 4) is 0 Å². The first-order valence-corrected chi connectivity index (χ1v) is 6.63. The van der Waals surface area contributed by atoms with E-state index in [0.717, 1.165) is 19.4 Å². The van der Waals surface area contributed by atoms with Crippen LogP contribution in [0.15, 0.2) is 23.0 Å². The average molecular weight is 252 g/mol. The van der Waals surface area contributed by atoms with Crippen LogP contribution in [0.4, 0.5) is 0 Å². The topological polar surface area (TPSA) is 51.6 Å². The van der Waals surface area contributed by atoms with E-state index in [1.54, 1.807) is 12.5 Å². The van der Waals surface area contributed by atoms with Gasteiger partial charge in [0.25, 0.3) is 0 Å². The maximum Gasteiger partial charge on any atom is 0.0947 e. The highest BCUT2D eigenvalue weighted by Gasteiger charge is 2.40. The summed E-state index contributed by atoms with van der Waals surface area (Å²) in [5, 5.41) is 0. The fourth-order valence-corrected chi connectivity index (χ4v) is 3.10. The maximum atomic E-state index is 6.07. The third-order valence-electron chi connectivity index (χ3n) is 3.99. The first-order valence-electron chi connectivity index (χ1n) is 6.63. The van der Waals surface area contributed by atoms with Crippen molar-refractivity contribution in [2.45, 2.75) is 51.0 Å². The van der Waals surface area contributed by atoms with Gasteiger partial charge in [-0.2, -0.15) is 0 Å². The minimum absolute atomic E-state index is 0.0361. The number of likely N-dealkylation sites (N-methyl/N-ethyl adjacent to an activating group) is 1. The minimum Gasteiger partial charge on any atom is -0.472 e. The van der Waals surface area contributed by atoms with Gasteiger partial charge in [0.15, 0.2) is 0 Å². The zero-order valence-corrected chi connectivity index (χ0v) is 11.6. The summed E-state index contributed by atoms with van der Waals surface area (Å²) in [4.78, 5) is 2.35. The van der Waals surface area contributed by atoms with Crippen LogP contribution in [0.3, 0.4) is 0 Å². The van der Waals surface area contributed by atoms with Gasteiger partial charge in [0.05, 0.1) is 24.7 Å². The van der Waals surface area contributed by atoms with E-state index in [2.05, 4.69) is 25.8 Å². The van der Waals surface area contributed by atoms with Gasteiger partial charge in [-0.15, -0.1) is 0 Å².